The predicted octanol–water partition coefficient (Wildman–Crippen LogP) is 7.23. The zero-order valence-corrected chi connectivity index (χ0v) is 25.0. The minimum absolute atomic E-state index is 0.176. The fraction of sp³-hybridized carbons (Fsp3) is 0.216. The second-order valence-electron chi connectivity index (χ2n) is 11.0. The maximum absolute atomic E-state index is 12.6. The lowest BCUT2D eigenvalue weighted by molar-refractivity contribution is -0.131. The number of carbonyl (C=O) groups is 1. The van der Waals surface area contributed by atoms with Gasteiger partial charge in [0.25, 0.3) is 0 Å². The monoisotopic (exact) mass is 609 g/mol. The summed E-state index contributed by atoms with van der Waals surface area (Å²) in [5.74, 6) is 1.09. The lowest BCUT2D eigenvalue weighted by atomic mass is 9.86. The number of rotatable bonds is 9. The van der Waals surface area contributed by atoms with E-state index in [4.69, 9.17) is 14.6 Å². The van der Waals surface area contributed by atoms with E-state index in [1.165, 1.54) is 0 Å². The molecule has 0 aliphatic carbocycles. The van der Waals surface area contributed by atoms with Gasteiger partial charge in [0.15, 0.2) is 0 Å². The minimum Gasteiger partial charge on any atom is -0.508 e. The van der Waals surface area contributed by atoms with Crippen molar-refractivity contribution < 1.29 is 34.0 Å². The summed E-state index contributed by atoms with van der Waals surface area (Å²) >= 11 is 0. The van der Waals surface area contributed by atoms with Crippen molar-refractivity contribution >= 4 is 23.2 Å². The minimum atomic E-state index is -0.922. The van der Waals surface area contributed by atoms with E-state index in [1.54, 1.807) is 36.4 Å². The van der Waals surface area contributed by atoms with Gasteiger partial charge in [0.2, 0.25) is 0 Å². The number of fused-ring (bicyclic) bond motifs is 1. The van der Waals surface area contributed by atoms with Crippen LogP contribution in [0.4, 0.5) is 4.39 Å². The van der Waals surface area contributed by atoms with Crippen LogP contribution >= 0.6 is 0 Å². The number of nitrogens with zero attached hydrogens (tertiary/aromatic N) is 1. The van der Waals surface area contributed by atoms with Crippen LogP contribution in [-0.4, -0.2) is 59.1 Å². The number of carboxylic acids is 1. The molecule has 4 aromatic rings. The molecular weight excluding hydrogens is 573 g/mol. The fourth-order valence-corrected chi connectivity index (χ4v) is 5.44. The van der Waals surface area contributed by atoms with Crippen molar-refractivity contribution in [2.24, 2.45) is 5.92 Å². The molecule has 1 unspecified atom stereocenters. The molecule has 0 spiro atoms. The molecule has 232 valence electrons. The molecule has 2 heterocycles. The van der Waals surface area contributed by atoms with Gasteiger partial charge in [0.05, 0.1) is 6.67 Å². The Morgan fingerprint density at radius 3 is 2.38 bits per heavy atom. The van der Waals surface area contributed by atoms with Crippen LogP contribution in [0.1, 0.15) is 35.3 Å². The summed E-state index contributed by atoms with van der Waals surface area (Å²) in [4.78, 5) is 12.3. The third-order valence-corrected chi connectivity index (χ3v) is 7.76. The van der Waals surface area contributed by atoms with E-state index in [0.29, 0.717) is 12.4 Å². The maximum atomic E-state index is 12.6. The van der Waals surface area contributed by atoms with Crippen LogP contribution in [0.2, 0.25) is 0 Å². The number of ether oxygens (including phenoxy) is 2. The van der Waals surface area contributed by atoms with E-state index in [1.807, 2.05) is 73.7 Å². The van der Waals surface area contributed by atoms with Crippen molar-refractivity contribution in [2.45, 2.75) is 13.0 Å². The summed E-state index contributed by atoms with van der Waals surface area (Å²) in [5.41, 5.74) is 5.46. The van der Waals surface area contributed by atoms with Gasteiger partial charge in [-0.2, -0.15) is 0 Å². The summed E-state index contributed by atoms with van der Waals surface area (Å²) < 4.78 is 24.9. The van der Waals surface area contributed by atoms with Gasteiger partial charge in [-0.15, -0.1) is 0 Å². The molecular formula is C37H36FNO6. The third-order valence-electron chi connectivity index (χ3n) is 7.76. The number of aliphatic carboxylic acids is 1. The molecule has 2 aliphatic rings. The summed E-state index contributed by atoms with van der Waals surface area (Å²) in [6.07, 6.45) is 2.30. The molecule has 45 heavy (non-hydrogen) atoms. The van der Waals surface area contributed by atoms with Gasteiger partial charge in [-0.05, 0) is 77.7 Å². The van der Waals surface area contributed by atoms with E-state index < -0.39 is 5.97 Å². The standard InChI is InChI=1S/C28H28FNO4.C9H8O2/c1-18-25-14-23(32)7-10-26(25)34-28(27(18)21-3-2-4-22(31)13-21)20-5-8-24(9-6-20)33-12-11-30-16-19(15-29)17-30;10-9(11)7-6-8-4-2-1-3-5-8/h2-10,13-14,19,28,31-32H,11-12,15-17H2,1H3;1-7H,(H,10,11)/b;7-6+. The summed E-state index contributed by atoms with van der Waals surface area (Å²) in [7, 11) is 0. The molecule has 0 bridgehead atoms. The second-order valence-corrected chi connectivity index (χ2v) is 11.0. The molecule has 7 nitrogen and oxygen atoms in total. The number of hydrogen-bond acceptors (Lipinski definition) is 6. The first-order valence-electron chi connectivity index (χ1n) is 14.8. The number of halogens is 1. The molecule has 0 aromatic heterocycles. The van der Waals surface area contributed by atoms with Gasteiger partial charge in [0, 0.05) is 42.8 Å². The molecule has 0 amide bonds. The van der Waals surface area contributed by atoms with Crippen LogP contribution in [0.25, 0.3) is 17.2 Å². The van der Waals surface area contributed by atoms with Gasteiger partial charge in [0.1, 0.15) is 35.7 Å². The van der Waals surface area contributed by atoms with Crippen LogP contribution in [0.5, 0.6) is 23.0 Å². The molecule has 0 saturated carbocycles. The zero-order chi connectivity index (χ0) is 31.8. The normalized spacial score (nSPS) is 16.3. The largest absolute Gasteiger partial charge is 0.508 e. The molecule has 2 aliphatic heterocycles. The van der Waals surface area contributed by atoms with E-state index >= 15 is 0 Å². The van der Waals surface area contributed by atoms with Crippen LogP contribution < -0.4 is 9.47 Å². The molecule has 1 fully saturated rings. The Kier molecular flexibility index (Phi) is 10.2. The van der Waals surface area contributed by atoms with Crippen molar-refractivity contribution in [1.82, 2.24) is 4.90 Å². The van der Waals surface area contributed by atoms with Crippen LogP contribution in [0.3, 0.4) is 0 Å². The van der Waals surface area contributed by atoms with Crippen molar-refractivity contribution in [3.8, 4) is 23.0 Å². The molecule has 1 saturated heterocycles. The lowest BCUT2D eigenvalue weighted by Gasteiger charge is -2.37. The predicted molar refractivity (Wildman–Crippen MR) is 173 cm³/mol. The second kappa shape index (κ2) is 14.6. The van der Waals surface area contributed by atoms with E-state index in [9.17, 15) is 19.4 Å². The molecule has 3 N–H and O–H groups in total. The number of benzene rings is 4. The Morgan fingerprint density at radius 2 is 1.69 bits per heavy atom. The Balaban J connectivity index is 0.000000309. The van der Waals surface area contributed by atoms with Crippen LogP contribution in [0.15, 0.2) is 103 Å². The van der Waals surface area contributed by atoms with Gasteiger partial charge >= 0.3 is 5.97 Å². The first kappa shape index (κ1) is 31.3. The van der Waals surface area contributed by atoms with Crippen molar-refractivity contribution in [1.29, 1.82) is 0 Å². The topological polar surface area (TPSA) is 99.5 Å². The Labute approximate surface area is 262 Å². The molecule has 8 heteroatoms. The maximum Gasteiger partial charge on any atom is 0.328 e. The van der Waals surface area contributed by atoms with Crippen LogP contribution in [-0.2, 0) is 4.79 Å². The summed E-state index contributed by atoms with van der Waals surface area (Å²) in [6.45, 7) is 4.72. The van der Waals surface area contributed by atoms with Crippen molar-refractivity contribution in [2.75, 3.05) is 32.9 Å². The van der Waals surface area contributed by atoms with Crippen LogP contribution in [0, 0.1) is 5.92 Å². The van der Waals surface area contributed by atoms with Gasteiger partial charge in [-0.3, -0.25) is 9.29 Å². The highest BCUT2D eigenvalue weighted by Gasteiger charge is 2.30. The third kappa shape index (κ3) is 8.10. The number of phenolic OH excluding ortho intramolecular Hbond substituents is 2. The molecule has 4 aromatic carbocycles. The highest BCUT2D eigenvalue weighted by Crippen LogP contribution is 2.47. The van der Waals surface area contributed by atoms with Gasteiger partial charge in [-0.25, -0.2) is 4.79 Å². The number of alkyl halides is 1. The van der Waals surface area contributed by atoms with Crippen molar-refractivity contribution in [3.05, 3.63) is 125 Å². The average molecular weight is 610 g/mol. The number of likely N-dealkylation sites (tertiary alicyclic amines) is 1. The average Bonchev–Trinajstić information content (AvgIpc) is 3.02. The van der Waals surface area contributed by atoms with Crippen molar-refractivity contribution in [3.63, 3.8) is 0 Å². The van der Waals surface area contributed by atoms with Gasteiger partial charge in [-0.1, -0.05) is 54.6 Å². The highest BCUT2D eigenvalue weighted by molar-refractivity contribution is 5.96. The highest BCUT2D eigenvalue weighted by atomic mass is 19.1. The summed E-state index contributed by atoms with van der Waals surface area (Å²) in [6, 6.07) is 29.4. The Hall–Kier alpha value is -5.08. The number of carboxylic acid groups (broad SMARTS) is 1. The lowest BCUT2D eigenvalue weighted by Crippen LogP contribution is -2.49. The summed E-state index contributed by atoms with van der Waals surface area (Å²) in [5, 5.41) is 28.4. The molecule has 1 atom stereocenters. The zero-order valence-electron chi connectivity index (χ0n) is 25.0. The Bertz CT molecular complexity index is 1660. The number of phenols is 2. The Morgan fingerprint density at radius 1 is 0.956 bits per heavy atom. The first-order valence-corrected chi connectivity index (χ1v) is 14.8. The van der Waals surface area contributed by atoms with E-state index in [0.717, 1.165) is 64.9 Å². The van der Waals surface area contributed by atoms with E-state index in [2.05, 4.69) is 4.90 Å². The molecule has 0 radical (unpaired) electrons. The van der Waals surface area contributed by atoms with E-state index in [-0.39, 0.29) is 30.2 Å². The van der Waals surface area contributed by atoms with Gasteiger partial charge < -0.3 is 24.8 Å². The number of aromatic hydroxyl groups is 2. The SMILES string of the molecule is CC1=C(c2cccc(O)c2)C(c2ccc(OCCN3CC(CF)C3)cc2)Oc2ccc(O)cc21.O=C(O)/C=C/c1ccccc1. The first-order chi connectivity index (χ1) is 21.8. The molecule has 6 rings (SSSR count). The fourth-order valence-electron chi connectivity index (χ4n) is 5.44. The number of allylic oxidation sites excluding steroid dienone is 1. The number of hydrogen-bond donors (Lipinski definition) is 3. The smallest absolute Gasteiger partial charge is 0.328 e. The quantitative estimate of drug-likeness (QED) is 0.172.